The van der Waals surface area contributed by atoms with Gasteiger partial charge in [-0.15, -0.1) is 0 Å². The third kappa shape index (κ3) is 2.84. The first-order valence-corrected chi connectivity index (χ1v) is 7.32. The predicted octanol–water partition coefficient (Wildman–Crippen LogP) is 4.75. The van der Waals surface area contributed by atoms with Crippen LogP contribution in [0.5, 0.6) is 0 Å². The van der Waals surface area contributed by atoms with Gasteiger partial charge in [0.25, 0.3) is 0 Å². The number of nitrogens with one attached hydrogen (secondary N) is 1. The Morgan fingerprint density at radius 2 is 2.00 bits per heavy atom. The Labute approximate surface area is 119 Å². The van der Waals surface area contributed by atoms with Gasteiger partial charge in [-0.1, -0.05) is 30.3 Å². The van der Waals surface area contributed by atoms with E-state index in [0.29, 0.717) is 12.0 Å². The quantitative estimate of drug-likeness (QED) is 0.848. The molecule has 0 bridgehead atoms. The fraction of sp³-hybridized carbons (Fsp3) is 0.333. The van der Waals surface area contributed by atoms with Crippen LogP contribution in [0.25, 0.3) is 0 Å². The molecule has 1 aliphatic heterocycles. The van der Waals surface area contributed by atoms with Crippen molar-refractivity contribution < 1.29 is 4.39 Å². The molecule has 2 aromatic rings. The molecule has 1 aliphatic rings. The van der Waals surface area contributed by atoms with E-state index in [2.05, 4.69) is 36.5 Å². The lowest BCUT2D eigenvalue weighted by Gasteiger charge is -2.31. The molecular formula is C18H20FN. The first-order valence-electron chi connectivity index (χ1n) is 7.32. The van der Waals surface area contributed by atoms with Crippen LogP contribution >= 0.6 is 0 Å². The standard InChI is InChI=1S/C18H20FN/c1-13-11-15(17-7-2-3-8-18(17)20-13)10-9-14-5-4-6-16(19)12-14/h2-8,12-13,15,20H,9-11H2,1H3. The zero-order valence-corrected chi connectivity index (χ0v) is 11.8. The minimum atomic E-state index is -0.137. The van der Waals surface area contributed by atoms with Crippen molar-refractivity contribution in [1.29, 1.82) is 0 Å². The number of halogens is 1. The van der Waals surface area contributed by atoms with Crippen molar-refractivity contribution in [1.82, 2.24) is 0 Å². The summed E-state index contributed by atoms with van der Waals surface area (Å²) in [5.41, 5.74) is 3.76. The highest BCUT2D eigenvalue weighted by Crippen LogP contribution is 2.36. The molecule has 0 aliphatic carbocycles. The van der Waals surface area contributed by atoms with Crippen LogP contribution in [0.3, 0.4) is 0 Å². The number of anilines is 1. The molecule has 2 unspecified atom stereocenters. The van der Waals surface area contributed by atoms with Gasteiger partial charge in [-0.2, -0.15) is 0 Å². The van der Waals surface area contributed by atoms with Crippen molar-refractivity contribution >= 4 is 5.69 Å². The van der Waals surface area contributed by atoms with Crippen LogP contribution in [0.1, 0.15) is 36.8 Å². The minimum Gasteiger partial charge on any atom is -0.382 e. The van der Waals surface area contributed by atoms with Gasteiger partial charge >= 0.3 is 0 Å². The van der Waals surface area contributed by atoms with Crippen LogP contribution in [0.2, 0.25) is 0 Å². The molecule has 0 spiro atoms. The Morgan fingerprint density at radius 3 is 2.85 bits per heavy atom. The van der Waals surface area contributed by atoms with E-state index < -0.39 is 0 Å². The van der Waals surface area contributed by atoms with Gasteiger partial charge < -0.3 is 5.32 Å². The maximum Gasteiger partial charge on any atom is 0.123 e. The van der Waals surface area contributed by atoms with Gasteiger partial charge in [0.05, 0.1) is 0 Å². The SMILES string of the molecule is CC1CC(CCc2cccc(F)c2)c2ccccc2N1. The van der Waals surface area contributed by atoms with E-state index in [1.165, 1.54) is 17.3 Å². The second-order valence-electron chi connectivity index (χ2n) is 5.73. The fourth-order valence-corrected chi connectivity index (χ4v) is 3.17. The summed E-state index contributed by atoms with van der Waals surface area (Å²) in [6.45, 7) is 2.23. The van der Waals surface area contributed by atoms with Crippen molar-refractivity contribution in [3.05, 3.63) is 65.5 Å². The third-order valence-electron chi connectivity index (χ3n) is 4.11. The number of hydrogen-bond acceptors (Lipinski definition) is 1. The van der Waals surface area contributed by atoms with Gasteiger partial charge in [-0.05, 0) is 61.4 Å². The maximum atomic E-state index is 13.2. The third-order valence-corrected chi connectivity index (χ3v) is 4.11. The van der Waals surface area contributed by atoms with E-state index in [9.17, 15) is 4.39 Å². The predicted molar refractivity (Wildman–Crippen MR) is 81.6 cm³/mol. The van der Waals surface area contributed by atoms with Crippen molar-refractivity contribution in [2.24, 2.45) is 0 Å². The number of benzene rings is 2. The average Bonchev–Trinajstić information content (AvgIpc) is 2.44. The highest BCUT2D eigenvalue weighted by Gasteiger charge is 2.23. The van der Waals surface area contributed by atoms with Gasteiger partial charge in [-0.3, -0.25) is 0 Å². The molecule has 0 radical (unpaired) electrons. The second kappa shape index (κ2) is 5.66. The Bertz CT molecular complexity index is 593. The van der Waals surface area contributed by atoms with Crippen LogP contribution in [-0.4, -0.2) is 6.04 Å². The molecule has 0 saturated carbocycles. The number of fused-ring (bicyclic) bond motifs is 1. The highest BCUT2D eigenvalue weighted by atomic mass is 19.1. The Morgan fingerprint density at radius 1 is 1.15 bits per heavy atom. The van der Waals surface area contributed by atoms with Crippen molar-refractivity contribution in [3.63, 3.8) is 0 Å². The first kappa shape index (κ1) is 13.2. The van der Waals surface area contributed by atoms with E-state index in [4.69, 9.17) is 0 Å². The summed E-state index contributed by atoms with van der Waals surface area (Å²) in [5, 5.41) is 3.54. The molecular weight excluding hydrogens is 249 g/mol. The zero-order chi connectivity index (χ0) is 13.9. The normalized spacial score (nSPS) is 21.1. The number of aryl methyl sites for hydroxylation is 1. The Kier molecular flexibility index (Phi) is 3.72. The molecule has 0 saturated heterocycles. The molecule has 3 rings (SSSR count). The first-order chi connectivity index (χ1) is 9.72. The minimum absolute atomic E-state index is 0.137. The molecule has 0 aromatic heterocycles. The van der Waals surface area contributed by atoms with Crippen LogP contribution in [-0.2, 0) is 6.42 Å². The van der Waals surface area contributed by atoms with Crippen LogP contribution in [0.15, 0.2) is 48.5 Å². The Hall–Kier alpha value is -1.83. The summed E-state index contributed by atoms with van der Waals surface area (Å²) in [4.78, 5) is 0. The molecule has 1 N–H and O–H groups in total. The van der Waals surface area contributed by atoms with Crippen LogP contribution < -0.4 is 5.32 Å². The molecule has 0 fully saturated rings. The van der Waals surface area contributed by atoms with Crippen LogP contribution in [0.4, 0.5) is 10.1 Å². The van der Waals surface area contributed by atoms with Crippen molar-refractivity contribution in [2.45, 2.75) is 38.1 Å². The summed E-state index contributed by atoms with van der Waals surface area (Å²) in [7, 11) is 0. The van der Waals surface area contributed by atoms with Crippen molar-refractivity contribution in [3.8, 4) is 0 Å². The second-order valence-corrected chi connectivity index (χ2v) is 5.73. The Balaban J connectivity index is 1.74. The number of para-hydroxylation sites is 1. The molecule has 20 heavy (non-hydrogen) atoms. The smallest absolute Gasteiger partial charge is 0.123 e. The molecule has 0 amide bonds. The summed E-state index contributed by atoms with van der Waals surface area (Å²) in [6.07, 6.45) is 3.16. The van der Waals surface area contributed by atoms with E-state index in [-0.39, 0.29) is 5.82 Å². The lowest BCUT2D eigenvalue weighted by atomic mass is 9.83. The summed E-state index contributed by atoms with van der Waals surface area (Å²) >= 11 is 0. The topological polar surface area (TPSA) is 12.0 Å². The lowest BCUT2D eigenvalue weighted by molar-refractivity contribution is 0.521. The zero-order valence-electron chi connectivity index (χ0n) is 11.8. The lowest BCUT2D eigenvalue weighted by Crippen LogP contribution is -2.25. The number of hydrogen-bond donors (Lipinski definition) is 1. The van der Waals surface area contributed by atoms with E-state index in [1.807, 2.05) is 6.07 Å². The largest absolute Gasteiger partial charge is 0.382 e. The molecule has 2 aromatic carbocycles. The number of rotatable bonds is 3. The van der Waals surface area contributed by atoms with E-state index in [0.717, 1.165) is 24.8 Å². The molecule has 1 nitrogen and oxygen atoms in total. The van der Waals surface area contributed by atoms with E-state index >= 15 is 0 Å². The van der Waals surface area contributed by atoms with Gasteiger partial charge in [-0.25, -0.2) is 4.39 Å². The summed E-state index contributed by atoms with van der Waals surface area (Å²) < 4.78 is 13.2. The fourth-order valence-electron chi connectivity index (χ4n) is 3.17. The maximum absolute atomic E-state index is 13.2. The average molecular weight is 269 g/mol. The molecule has 1 heterocycles. The summed E-state index contributed by atoms with van der Waals surface area (Å²) in [6, 6.07) is 16.0. The molecule has 104 valence electrons. The summed E-state index contributed by atoms with van der Waals surface area (Å²) in [5.74, 6) is 0.423. The molecule has 2 heteroatoms. The van der Waals surface area contributed by atoms with Gasteiger partial charge in [0.15, 0.2) is 0 Å². The van der Waals surface area contributed by atoms with Crippen molar-refractivity contribution in [2.75, 3.05) is 5.32 Å². The van der Waals surface area contributed by atoms with Gasteiger partial charge in [0, 0.05) is 11.7 Å². The highest BCUT2D eigenvalue weighted by molar-refractivity contribution is 5.55. The van der Waals surface area contributed by atoms with E-state index in [1.54, 1.807) is 12.1 Å². The monoisotopic (exact) mass is 269 g/mol. The van der Waals surface area contributed by atoms with Gasteiger partial charge in [0.2, 0.25) is 0 Å². The van der Waals surface area contributed by atoms with Crippen LogP contribution in [0, 0.1) is 5.82 Å². The molecule has 2 atom stereocenters. The van der Waals surface area contributed by atoms with Gasteiger partial charge in [0.1, 0.15) is 5.82 Å².